The molecule has 0 bridgehead atoms. The van der Waals surface area contributed by atoms with Crippen LogP contribution in [-0.4, -0.2) is 48.5 Å². The fourth-order valence-corrected chi connectivity index (χ4v) is 6.66. The van der Waals surface area contributed by atoms with Gasteiger partial charge in [-0.2, -0.15) is 0 Å². The molecule has 1 aliphatic heterocycles. The topological polar surface area (TPSA) is 124 Å². The normalized spacial score (nSPS) is 11.7. The quantitative estimate of drug-likeness (QED) is 0.130. The van der Waals surface area contributed by atoms with E-state index in [-0.39, 0.29) is 10.5 Å². The van der Waals surface area contributed by atoms with Crippen molar-refractivity contribution in [2.45, 2.75) is 24.7 Å². The molecule has 0 saturated carbocycles. The smallest absolute Gasteiger partial charge is 0.313 e. The summed E-state index contributed by atoms with van der Waals surface area (Å²) in [5, 5.41) is 7.31. The van der Waals surface area contributed by atoms with E-state index in [1.165, 1.54) is 44.1 Å². The van der Waals surface area contributed by atoms with Crippen molar-refractivity contribution in [3.05, 3.63) is 132 Å². The number of hydrogen-bond donors (Lipinski definition) is 1. The molecule has 7 rings (SSSR count). The number of rotatable bonds is 6. The van der Waals surface area contributed by atoms with Crippen LogP contribution in [0.2, 0.25) is 0 Å². The van der Waals surface area contributed by atoms with Crippen LogP contribution in [0.3, 0.4) is 0 Å². The molecule has 1 fully saturated rings. The van der Waals surface area contributed by atoms with Crippen molar-refractivity contribution in [1.29, 1.82) is 0 Å². The Kier molecular flexibility index (Phi) is 18.8. The van der Waals surface area contributed by atoms with Gasteiger partial charge in [0.05, 0.1) is 17.1 Å². The molecule has 0 aliphatic carbocycles. The average Bonchev–Trinajstić information content (AvgIpc) is 3.74. The predicted molar refractivity (Wildman–Crippen MR) is 226 cm³/mol. The molecule has 0 unspecified atom stereocenters. The van der Waals surface area contributed by atoms with Crippen LogP contribution in [0, 0.1) is 0 Å². The zero-order valence-electron chi connectivity index (χ0n) is 29.0. The minimum Gasteiger partial charge on any atom is -0.493 e. The molecular weight excluding hydrogens is 851 g/mol. The van der Waals surface area contributed by atoms with Crippen molar-refractivity contribution in [3.63, 3.8) is 0 Å². The molecule has 0 atom stereocenters. The van der Waals surface area contributed by atoms with E-state index in [4.69, 9.17) is 55.0 Å². The van der Waals surface area contributed by atoms with Gasteiger partial charge in [0, 0.05) is 21.8 Å². The molecule has 8 nitrogen and oxygen atoms in total. The Morgan fingerprint density at radius 3 is 1.49 bits per heavy atom. The van der Waals surface area contributed by atoms with Crippen LogP contribution in [0.15, 0.2) is 120 Å². The van der Waals surface area contributed by atoms with Crippen molar-refractivity contribution >= 4 is 130 Å². The Balaban J connectivity index is 0.000000200. The Labute approximate surface area is 348 Å². The van der Waals surface area contributed by atoms with E-state index in [0.29, 0.717) is 23.5 Å². The second-order valence-corrected chi connectivity index (χ2v) is 15.7. The van der Waals surface area contributed by atoms with E-state index in [1.54, 1.807) is 6.07 Å². The van der Waals surface area contributed by atoms with Gasteiger partial charge >= 0.3 is 4.70 Å². The van der Waals surface area contributed by atoms with Gasteiger partial charge in [-0.15, -0.1) is 0 Å². The number of carbonyl (C=O) groups excluding carboxylic acids is 4. The Bertz CT molecular complexity index is 2340. The molecular formula is C40H33Cl6NO7S. The molecule has 6 aromatic carbocycles. The van der Waals surface area contributed by atoms with E-state index in [0.717, 1.165) is 38.4 Å². The monoisotopic (exact) mass is 881 g/mol. The third-order valence-electron chi connectivity index (χ3n) is 7.65. The summed E-state index contributed by atoms with van der Waals surface area (Å²) in [6, 6.07) is 34.2. The lowest BCUT2D eigenvalue weighted by Crippen LogP contribution is -2.03. The molecule has 288 valence electrons. The van der Waals surface area contributed by atoms with E-state index >= 15 is 0 Å². The fraction of sp³-hybridized carbons (Fsp3) is 0.150. The first-order valence-corrected chi connectivity index (χ1v) is 20.6. The van der Waals surface area contributed by atoms with Crippen molar-refractivity contribution in [3.8, 4) is 5.75 Å². The minimum atomic E-state index is -3.80. The first-order chi connectivity index (χ1) is 26.1. The molecule has 15 heteroatoms. The highest BCUT2D eigenvalue weighted by Gasteiger charge is 2.15. The molecule has 0 aromatic heterocycles. The van der Waals surface area contributed by atoms with E-state index in [2.05, 4.69) is 34.6 Å². The number of hydrogen-bond acceptors (Lipinski definition) is 8. The van der Waals surface area contributed by atoms with Crippen LogP contribution in [0.4, 0.5) is 4.79 Å². The molecule has 0 radical (unpaired) electrons. The van der Waals surface area contributed by atoms with Gasteiger partial charge in [0.1, 0.15) is 5.75 Å². The van der Waals surface area contributed by atoms with Crippen molar-refractivity contribution < 1.29 is 32.3 Å². The highest BCUT2D eigenvalue weighted by atomic mass is 35.7. The number of benzene rings is 6. The van der Waals surface area contributed by atoms with Gasteiger partial charge in [-0.05, 0) is 147 Å². The molecule has 0 amide bonds. The van der Waals surface area contributed by atoms with Gasteiger partial charge in [0.2, 0.25) is 0 Å². The van der Waals surface area contributed by atoms with Gasteiger partial charge in [-0.1, -0.05) is 91.0 Å². The second-order valence-electron chi connectivity index (χ2n) is 11.3. The molecule has 6 aromatic rings. The Morgan fingerprint density at radius 1 is 0.600 bits per heavy atom. The highest BCUT2D eigenvalue weighted by Crippen LogP contribution is 2.30. The molecule has 1 N–H and O–H groups in total. The third kappa shape index (κ3) is 14.4. The Hall–Kier alpha value is -3.77. The van der Waals surface area contributed by atoms with Crippen LogP contribution >= 0.6 is 68.7 Å². The van der Waals surface area contributed by atoms with E-state index < -0.39 is 29.5 Å². The van der Waals surface area contributed by atoms with Crippen LogP contribution in [0.5, 0.6) is 5.75 Å². The van der Waals surface area contributed by atoms with Gasteiger partial charge in [0.15, 0.2) is 0 Å². The number of carbonyl (C=O) groups is 4. The van der Waals surface area contributed by atoms with Gasteiger partial charge in [-0.3, -0.25) is 19.2 Å². The average molecular weight is 884 g/mol. The van der Waals surface area contributed by atoms with E-state index in [1.807, 2.05) is 85.8 Å². The van der Waals surface area contributed by atoms with Crippen molar-refractivity contribution in [2.24, 2.45) is 0 Å². The zero-order chi connectivity index (χ0) is 40.5. The minimum absolute atomic E-state index is 0.100. The summed E-state index contributed by atoms with van der Waals surface area (Å²) in [6.07, 6.45) is 2.78. The summed E-state index contributed by atoms with van der Waals surface area (Å²) in [5.41, 5.74) is 1.14. The number of nitrogens with one attached hydrogen (secondary N) is 1. The molecule has 1 saturated heterocycles. The second kappa shape index (κ2) is 22.7. The number of halogens is 6. The third-order valence-corrected chi connectivity index (χ3v) is 9.60. The lowest BCUT2D eigenvalue weighted by molar-refractivity contribution is 0.107. The molecule has 1 aliphatic rings. The predicted octanol–water partition coefficient (Wildman–Crippen LogP) is 11.9. The molecule has 0 spiro atoms. The molecule has 1 heterocycles. The summed E-state index contributed by atoms with van der Waals surface area (Å²) < 4.78 is 26.1. The summed E-state index contributed by atoms with van der Waals surface area (Å²) >= 11 is 25.3. The lowest BCUT2D eigenvalue weighted by Gasteiger charge is -2.09. The Morgan fingerprint density at radius 2 is 1.07 bits per heavy atom. The number of fused-ring (bicyclic) bond motifs is 3. The largest absolute Gasteiger partial charge is 0.493 e. The first kappa shape index (κ1) is 45.6. The zero-order valence-corrected chi connectivity index (χ0v) is 34.4. The fourth-order valence-electron chi connectivity index (χ4n) is 5.35. The van der Waals surface area contributed by atoms with Crippen LogP contribution in [0.1, 0.15) is 50.8 Å². The van der Waals surface area contributed by atoms with Crippen molar-refractivity contribution in [2.75, 3.05) is 19.7 Å². The highest BCUT2D eigenvalue weighted by molar-refractivity contribution is 8.13. The number of ether oxygens (including phenoxy) is 1. The maximum atomic E-state index is 11.6. The maximum absolute atomic E-state index is 11.6. The summed E-state index contributed by atoms with van der Waals surface area (Å²) in [6.45, 7) is 4.88. The summed E-state index contributed by atoms with van der Waals surface area (Å²) in [5.74, 6) is 0.543. The maximum Gasteiger partial charge on any atom is 0.313 e. The van der Waals surface area contributed by atoms with Gasteiger partial charge in [-0.25, -0.2) is 8.42 Å². The standard InChI is InChI=1S/C15H9ClO.C13H11ClO2.C7H4Cl2O3S.C4H9N.CCl2O/c16-15(17)14-12-7-3-1-5-10(12)9-11-6-2-4-8-13(11)14;1-2-16-11-8-7-9-5-3-4-6-10(9)12(11)13(14)15;8-7(10)5-2-1-3-6(4-5)13(9,11)12;1-2-4-5-3-1;2-1(3)4/h1-9H;3-8H,2H2,1H3;1-4H;5H,1-4H2;. The lowest BCUT2D eigenvalue weighted by atomic mass is 9.97. The summed E-state index contributed by atoms with van der Waals surface area (Å²) in [4.78, 5) is 42.6. The van der Waals surface area contributed by atoms with Crippen LogP contribution in [-0.2, 0) is 9.05 Å². The van der Waals surface area contributed by atoms with Crippen LogP contribution in [0.25, 0.3) is 32.3 Å². The van der Waals surface area contributed by atoms with Gasteiger partial charge < -0.3 is 10.1 Å². The van der Waals surface area contributed by atoms with Crippen LogP contribution < -0.4 is 10.1 Å². The van der Waals surface area contributed by atoms with Crippen molar-refractivity contribution in [1.82, 2.24) is 5.32 Å². The SMILES string of the molecule is C1CCNC1.CCOc1ccc2ccccc2c1C(=O)Cl.O=C(Cl)Cl.O=C(Cl)c1c2ccccc2cc2ccccc12.O=C(Cl)c1cccc(S(=O)(=O)Cl)c1. The molecule has 55 heavy (non-hydrogen) atoms. The summed E-state index contributed by atoms with van der Waals surface area (Å²) in [7, 11) is 1.26. The van der Waals surface area contributed by atoms with Gasteiger partial charge in [0.25, 0.3) is 24.8 Å². The van der Waals surface area contributed by atoms with E-state index in [9.17, 15) is 22.8 Å². The first-order valence-electron chi connectivity index (χ1n) is 16.4.